The molecule has 11 heavy (non-hydrogen) atoms. The molecule has 0 fully saturated rings. The first-order chi connectivity index (χ1) is 5.29. The van der Waals surface area contributed by atoms with Crippen LogP contribution in [-0.4, -0.2) is 9.50 Å². The van der Waals surface area contributed by atoms with Crippen LogP contribution in [0.2, 0.25) is 0 Å². The molecule has 4 heteroatoms. The van der Waals surface area contributed by atoms with Crippen LogP contribution in [0.4, 0.5) is 5.95 Å². The summed E-state index contributed by atoms with van der Waals surface area (Å²) in [7, 11) is 1.82. The second-order valence-electron chi connectivity index (χ2n) is 2.41. The van der Waals surface area contributed by atoms with Gasteiger partial charge in [-0.25, -0.2) is 0 Å². The molecular formula is C7H9N4+. The quantitative estimate of drug-likeness (QED) is 0.525. The molecule has 0 amide bonds. The van der Waals surface area contributed by atoms with Crippen molar-refractivity contribution in [3.05, 3.63) is 24.4 Å². The average Bonchev–Trinajstić information content (AvgIpc) is 2.30. The van der Waals surface area contributed by atoms with Gasteiger partial charge in [-0.2, -0.15) is 4.40 Å². The van der Waals surface area contributed by atoms with E-state index in [-0.39, 0.29) is 0 Å². The zero-order valence-electron chi connectivity index (χ0n) is 6.23. The summed E-state index contributed by atoms with van der Waals surface area (Å²) in [6.07, 6.45) is 1.89. The van der Waals surface area contributed by atoms with Crippen molar-refractivity contribution in [3.8, 4) is 0 Å². The SMILES string of the molecule is C[n+]1nc2ccccn2c1N. The van der Waals surface area contributed by atoms with Crippen molar-refractivity contribution in [3.63, 3.8) is 0 Å². The number of aryl methyl sites for hydroxylation is 1. The lowest BCUT2D eigenvalue weighted by molar-refractivity contribution is -0.713. The van der Waals surface area contributed by atoms with E-state index in [1.165, 1.54) is 0 Å². The zero-order chi connectivity index (χ0) is 7.84. The predicted octanol–water partition coefficient (Wildman–Crippen LogP) is -0.259. The largest absolute Gasteiger partial charge is 0.380 e. The van der Waals surface area contributed by atoms with E-state index in [4.69, 9.17) is 5.73 Å². The Morgan fingerprint density at radius 1 is 1.55 bits per heavy atom. The number of pyridine rings is 1. The van der Waals surface area contributed by atoms with Crippen LogP contribution >= 0.6 is 0 Å². The van der Waals surface area contributed by atoms with Crippen LogP contribution < -0.4 is 10.4 Å². The molecule has 2 aromatic rings. The number of nitrogens with two attached hydrogens (primary N) is 1. The number of nitrogen functional groups attached to an aromatic ring is 1. The minimum atomic E-state index is 0.639. The summed E-state index contributed by atoms with van der Waals surface area (Å²) in [4.78, 5) is 0. The van der Waals surface area contributed by atoms with Crippen LogP contribution in [0.3, 0.4) is 0 Å². The number of aromatic nitrogens is 3. The smallest absolute Gasteiger partial charge is 0.288 e. The summed E-state index contributed by atoms with van der Waals surface area (Å²) >= 11 is 0. The highest BCUT2D eigenvalue weighted by Gasteiger charge is 2.09. The van der Waals surface area contributed by atoms with E-state index < -0.39 is 0 Å². The topological polar surface area (TPSA) is 47.2 Å². The van der Waals surface area contributed by atoms with E-state index in [1.807, 2.05) is 35.8 Å². The van der Waals surface area contributed by atoms with Gasteiger partial charge >= 0.3 is 5.95 Å². The molecule has 56 valence electrons. The van der Waals surface area contributed by atoms with Gasteiger partial charge in [0, 0.05) is 6.07 Å². The fourth-order valence-electron chi connectivity index (χ4n) is 1.07. The molecule has 0 saturated carbocycles. The highest BCUT2D eigenvalue weighted by atomic mass is 15.4. The van der Waals surface area contributed by atoms with Gasteiger partial charge in [-0.15, -0.1) is 4.68 Å². The van der Waals surface area contributed by atoms with Crippen molar-refractivity contribution >= 4 is 11.6 Å². The van der Waals surface area contributed by atoms with Gasteiger partial charge in [-0.05, 0) is 6.07 Å². The summed E-state index contributed by atoms with van der Waals surface area (Å²) in [5.41, 5.74) is 6.57. The van der Waals surface area contributed by atoms with Crippen molar-refractivity contribution < 1.29 is 4.68 Å². The summed E-state index contributed by atoms with van der Waals surface area (Å²) < 4.78 is 3.48. The number of anilines is 1. The molecule has 0 aliphatic heterocycles. The van der Waals surface area contributed by atoms with Crippen molar-refractivity contribution in [2.24, 2.45) is 7.05 Å². The molecule has 2 aromatic heterocycles. The summed E-state index contributed by atoms with van der Waals surface area (Å²) in [5, 5.41) is 4.17. The standard InChI is InChI=1S/C7H8N4/c1-10-7(8)11-5-3-2-4-6(11)9-10/h2-5,8H,1H3/p+1. The van der Waals surface area contributed by atoms with Crippen LogP contribution in [0.1, 0.15) is 0 Å². The van der Waals surface area contributed by atoms with E-state index in [2.05, 4.69) is 5.10 Å². The molecule has 2 rings (SSSR count). The third-order valence-corrected chi connectivity index (χ3v) is 1.67. The first kappa shape index (κ1) is 6.15. The molecule has 0 spiro atoms. The van der Waals surface area contributed by atoms with E-state index in [0.29, 0.717) is 5.95 Å². The minimum absolute atomic E-state index is 0.639. The molecule has 0 aliphatic carbocycles. The van der Waals surface area contributed by atoms with Crippen LogP contribution in [0.5, 0.6) is 0 Å². The maximum atomic E-state index is 5.70. The van der Waals surface area contributed by atoms with Gasteiger partial charge in [0.1, 0.15) is 0 Å². The van der Waals surface area contributed by atoms with Gasteiger partial charge in [0.2, 0.25) is 5.65 Å². The Bertz CT molecular complexity index is 390. The molecule has 0 aromatic carbocycles. The monoisotopic (exact) mass is 149 g/mol. The Kier molecular flexibility index (Phi) is 1.09. The van der Waals surface area contributed by atoms with Crippen molar-refractivity contribution in [1.82, 2.24) is 9.50 Å². The maximum Gasteiger partial charge on any atom is 0.380 e. The number of fused-ring (bicyclic) bond motifs is 1. The highest BCUT2D eigenvalue weighted by molar-refractivity contribution is 5.39. The molecule has 2 N–H and O–H groups in total. The number of nitrogens with zero attached hydrogens (tertiary/aromatic N) is 3. The first-order valence-electron chi connectivity index (χ1n) is 3.38. The number of hydrogen-bond acceptors (Lipinski definition) is 2. The molecule has 0 bridgehead atoms. The number of rotatable bonds is 0. The van der Waals surface area contributed by atoms with Gasteiger partial charge in [0.15, 0.2) is 0 Å². The predicted molar refractivity (Wildman–Crippen MR) is 40.8 cm³/mol. The second-order valence-corrected chi connectivity index (χ2v) is 2.41. The molecule has 0 saturated heterocycles. The fraction of sp³-hybridized carbons (Fsp3) is 0.143. The lowest BCUT2D eigenvalue weighted by atomic mass is 10.5. The molecule has 4 nitrogen and oxygen atoms in total. The summed E-state index contributed by atoms with van der Waals surface area (Å²) in [6, 6.07) is 5.77. The summed E-state index contributed by atoms with van der Waals surface area (Å²) in [5.74, 6) is 0.639. The van der Waals surface area contributed by atoms with Gasteiger partial charge in [0.05, 0.1) is 13.2 Å². The molecule has 2 heterocycles. The third kappa shape index (κ3) is 0.756. The second kappa shape index (κ2) is 1.95. The molecular weight excluding hydrogens is 140 g/mol. The molecule has 0 aliphatic rings. The average molecular weight is 149 g/mol. The van der Waals surface area contributed by atoms with E-state index in [0.717, 1.165) is 5.65 Å². The Hall–Kier alpha value is -1.58. The van der Waals surface area contributed by atoms with E-state index in [9.17, 15) is 0 Å². The Balaban J connectivity index is 2.92. The highest BCUT2D eigenvalue weighted by Crippen LogP contribution is 2.00. The van der Waals surface area contributed by atoms with E-state index >= 15 is 0 Å². The van der Waals surface area contributed by atoms with Crippen LogP contribution in [0, 0.1) is 0 Å². The van der Waals surface area contributed by atoms with Crippen LogP contribution in [-0.2, 0) is 7.05 Å². The van der Waals surface area contributed by atoms with Gasteiger partial charge in [-0.1, -0.05) is 11.2 Å². The van der Waals surface area contributed by atoms with Gasteiger partial charge < -0.3 is 0 Å². The van der Waals surface area contributed by atoms with Gasteiger partial charge in [-0.3, -0.25) is 5.73 Å². The summed E-state index contributed by atoms with van der Waals surface area (Å²) in [6.45, 7) is 0. The Labute approximate surface area is 63.9 Å². The van der Waals surface area contributed by atoms with Crippen LogP contribution in [0.15, 0.2) is 24.4 Å². The molecule has 0 atom stereocenters. The molecule has 0 radical (unpaired) electrons. The van der Waals surface area contributed by atoms with Crippen LogP contribution in [0.25, 0.3) is 5.65 Å². The fourth-order valence-corrected chi connectivity index (χ4v) is 1.07. The normalized spacial score (nSPS) is 10.6. The van der Waals surface area contributed by atoms with Crippen molar-refractivity contribution in [1.29, 1.82) is 0 Å². The lowest BCUT2D eigenvalue weighted by Crippen LogP contribution is -2.33. The molecule has 0 unspecified atom stereocenters. The van der Waals surface area contributed by atoms with E-state index in [1.54, 1.807) is 4.68 Å². The first-order valence-corrected chi connectivity index (χ1v) is 3.38. The maximum absolute atomic E-state index is 5.70. The Morgan fingerprint density at radius 2 is 2.36 bits per heavy atom. The number of hydrogen-bond donors (Lipinski definition) is 1. The minimum Gasteiger partial charge on any atom is -0.288 e. The lowest BCUT2D eigenvalue weighted by Gasteiger charge is -1.83. The van der Waals surface area contributed by atoms with Crippen molar-refractivity contribution in [2.45, 2.75) is 0 Å². The Morgan fingerprint density at radius 3 is 3.09 bits per heavy atom. The van der Waals surface area contributed by atoms with Gasteiger partial charge in [0.25, 0.3) is 0 Å². The van der Waals surface area contributed by atoms with Crippen molar-refractivity contribution in [2.75, 3.05) is 5.73 Å². The zero-order valence-corrected chi connectivity index (χ0v) is 6.23. The third-order valence-electron chi connectivity index (χ3n) is 1.67.